The van der Waals surface area contributed by atoms with E-state index in [1.165, 1.54) is 0 Å². The van der Waals surface area contributed by atoms with Gasteiger partial charge in [-0.2, -0.15) is 17.0 Å². The van der Waals surface area contributed by atoms with Gasteiger partial charge in [0.1, 0.15) is 0 Å². The third kappa shape index (κ3) is 3.12. The molecule has 0 saturated carbocycles. The van der Waals surface area contributed by atoms with Gasteiger partial charge in [-0.3, -0.25) is 0 Å². The summed E-state index contributed by atoms with van der Waals surface area (Å²) in [7, 11) is -3.34. The topological polar surface area (TPSA) is 59.1 Å². The van der Waals surface area contributed by atoms with E-state index >= 15 is 0 Å². The Labute approximate surface area is 127 Å². The van der Waals surface area contributed by atoms with E-state index in [-0.39, 0.29) is 0 Å². The van der Waals surface area contributed by atoms with Crippen molar-refractivity contribution in [3.63, 3.8) is 0 Å². The number of nitrogens with zero attached hydrogens (tertiary/aromatic N) is 2. The highest BCUT2D eigenvalue weighted by Gasteiger charge is 2.44. The monoisotopic (exact) mass is 318 g/mol. The fraction of sp³-hybridized carbons (Fsp3) is 1.00. The molecular weight excluding hydrogens is 292 g/mol. The predicted octanol–water partition coefficient (Wildman–Crippen LogP) is 1.05. The van der Waals surface area contributed by atoms with Crippen LogP contribution in [0.25, 0.3) is 0 Å². The summed E-state index contributed by atoms with van der Waals surface area (Å²) in [5.41, 5.74) is 0. The smallest absolute Gasteiger partial charge is 0.281 e. The van der Waals surface area contributed by atoms with Crippen LogP contribution >= 0.6 is 0 Å². The molecule has 0 N–H and O–H groups in total. The van der Waals surface area contributed by atoms with Crippen LogP contribution in [0.4, 0.5) is 0 Å². The van der Waals surface area contributed by atoms with Gasteiger partial charge in [0.25, 0.3) is 10.2 Å². The molecule has 0 unspecified atom stereocenters. The lowest BCUT2D eigenvalue weighted by atomic mass is 9.94. The molecule has 0 aromatic heterocycles. The van der Waals surface area contributed by atoms with Gasteiger partial charge in [0.15, 0.2) is 5.79 Å². The molecule has 3 rings (SSSR count). The van der Waals surface area contributed by atoms with Crippen LogP contribution in [-0.4, -0.2) is 62.2 Å². The Hall–Kier alpha value is -0.210. The standard InChI is InChI=1S/C14H26N2O4S/c1-12-9-13(2)11-16(10-12)21(17,18)15-5-3-14(4-6-15)19-7-8-20-14/h12-13H,3-11H2,1-2H3/t12-,13-/m1/s1. The minimum Gasteiger partial charge on any atom is -0.347 e. The molecule has 122 valence electrons. The summed E-state index contributed by atoms with van der Waals surface area (Å²) in [5, 5.41) is 0. The number of ether oxygens (including phenoxy) is 2. The zero-order valence-electron chi connectivity index (χ0n) is 13.0. The minimum atomic E-state index is -3.34. The molecule has 0 aliphatic carbocycles. The molecule has 0 bridgehead atoms. The van der Waals surface area contributed by atoms with Gasteiger partial charge in [-0.15, -0.1) is 0 Å². The number of piperidine rings is 2. The zero-order chi connectivity index (χ0) is 15.1. The van der Waals surface area contributed by atoms with Crippen LogP contribution in [0.1, 0.15) is 33.1 Å². The van der Waals surface area contributed by atoms with Crippen molar-refractivity contribution in [3.05, 3.63) is 0 Å². The number of hydrogen-bond donors (Lipinski definition) is 0. The second kappa shape index (κ2) is 5.77. The van der Waals surface area contributed by atoms with Crippen molar-refractivity contribution < 1.29 is 17.9 Å². The van der Waals surface area contributed by atoms with Crippen LogP contribution in [0.15, 0.2) is 0 Å². The van der Waals surface area contributed by atoms with Crippen molar-refractivity contribution in [2.75, 3.05) is 39.4 Å². The molecule has 3 saturated heterocycles. The lowest BCUT2D eigenvalue weighted by Gasteiger charge is -2.41. The molecule has 2 atom stereocenters. The summed E-state index contributed by atoms with van der Waals surface area (Å²) < 4.78 is 40.2. The average Bonchev–Trinajstić information content (AvgIpc) is 2.86. The first-order valence-corrected chi connectivity index (χ1v) is 9.34. The summed E-state index contributed by atoms with van der Waals surface area (Å²) >= 11 is 0. The van der Waals surface area contributed by atoms with Crippen LogP contribution in [0.2, 0.25) is 0 Å². The molecule has 0 radical (unpaired) electrons. The second-order valence-corrected chi connectivity index (χ2v) is 8.71. The summed E-state index contributed by atoms with van der Waals surface area (Å²) in [6.07, 6.45) is 2.37. The van der Waals surface area contributed by atoms with Gasteiger partial charge in [0.2, 0.25) is 0 Å². The largest absolute Gasteiger partial charge is 0.347 e. The Morgan fingerprint density at radius 1 is 0.952 bits per heavy atom. The Morgan fingerprint density at radius 2 is 1.48 bits per heavy atom. The van der Waals surface area contributed by atoms with Crippen LogP contribution in [-0.2, 0) is 19.7 Å². The SMILES string of the molecule is C[C@@H]1C[C@@H](C)CN(S(=O)(=O)N2CCC3(CC2)OCCO3)C1. The van der Waals surface area contributed by atoms with Gasteiger partial charge in [0, 0.05) is 39.0 Å². The van der Waals surface area contributed by atoms with E-state index < -0.39 is 16.0 Å². The van der Waals surface area contributed by atoms with Crippen molar-refractivity contribution in [1.82, 2.24) is 8.61 Å². The van der Waals surface area contributed by atoms with Crippen molar-refractivity contribution in [2.45, 2.75) is 38.9 Å². The summed E-state index contributed by atoms with van der Waals surface area (Å²) in [5.74, 6) is 0.344. The van der Waals surface area contributed by atoms with Gasteiger partial charge >= 0.3 is 0 Å². The highest BCUT2D eigenvalue weighted by molar-refractivity contribution is 7.86. The molecule has 3 aliphatic heterocycles. The molecular formula is C14H26N2O4S. The molecule has 6 nitrogen and oxygen atoms in total. The third-order valence-corrected chi connectivity index (χ3v) is 6.75. The lowest BCUT2D eigenvalue weighted by Crippen LogP contribution is -2.54. The maximum Gasteiger partial charge on any atom is 0.281 e. The first kappa shape index (κ1) is 15.7. The third-order valence-electron chi connectivity index (χ3n) is 4.79. The molecule has 3 aliphatic rings. The fourth-order valence-electron chi connectivity index (χ4n) is 3.80. The molecule has 1 spiro atoms. The Morgan fingerprint density at radius 3 is 2.00 bits per heavy atom. The Balaban J connectivity index is 1.65. The van der Waals surface area contributed by atoms with E-state index in [0.717, 1.165) is 6.42 Å². The quantitative estimate of drug-likeness (QED) is 0.763. The maximum atomic E-state index is 12.8. The van der Waals surface area contributed by atoms with E-state index in [1.54, 1.807) is 8.61 Å². The van der Waals surface area contributed by atoms with Crippen molar-refractivity contribution in [2.24, 2.45) is 11.8 Å². The van der Waals surface area contributed by atoms with E-state index in [9.17, 15) is 8.42 Å². The predicted molar refractivity (Wildman–Crippen MR) is 78.9 cm³/mol. The molecule has 3 fully saturated rings. The van der Waals surface area contributed by atoms with Crippen LogP contribution in [0.5, 0.6) is 0 Å². The molecule has 0 aromatic carbocycles. The maximum absolute atomic E-state index is 12.8. The van der Waals surface area contributed by atoms with Gasteiger partial charge in [-0.1, -0.05) is 13.8 Å². The second-order valence-electron chi connectivity index (χ2n) is 6.78. The van der Waals surface area contributed by atoms with Gasteiger partial charge < -0.3 is 9.47 Å². The molecule has 7 heteroatoms. The van der Waals surface area contributed by atoms with Crippen LogP contribution in [0.3, 0.4) is 0 Å². The fourth-order valence-corrected chi connectivity index (χ4v) is 5.66. The molecule has 3 heterocycles. The van der Waals surface area contributed by atoms with Crippen molar-refractivity contribution >= 4 is 10.2 Å². The molecule has 21 heavy (non-hydrogen) atoms. The molecule has 0 aromatic rings. The average molecular weight is 318 g/mol. The minimum absolute atomic E-state index is 0.432. The van der Waals surface area contributed by atoms with Crippen LogP contribution < -0.4 is 0 Å². The number of rotatable bonds is 2. The van der Waals surface area contributed by atoms with Gasteiger partial charge in [-0.25, -0.2) is 0 Å². The first-order chi connectivity index (χ1) is 9.91. The highest BCUT2D eigenvalue weighted by Crippen LogP contribution is 2.33. The highest BCUT2D eigenvalue weighted by atomic mass is 32.2. The Bertz CT molecular complexity index is 455. The first-order valence-electron chi connectivity index (χ1n) is 7.94. The lowest BCUT2D eigenvalue weighted by molar-refractivity contribution is -0.179. The van der Waals surface area contributed by atoms with E-state index in [0.29, 0.717) is 64.1 Å². The van der Waals surface area contributed by atoms with Crippen molar-refractivity contribution in [1.29, 1.82) is 0 Å². The number of hydrogen-bond acceptors (Lipinski definition) is 4. The van der Waals surface area contributed by atoms with Crippen molar-refractivity contribution in [3.8, 4) is 0 Å². The van der Waals surface area contributed by atoms with Gasteiger partial charge in [-0.05, 0) is 18.3 Å². The normalized spacial score (nSPS) is 35.3. The summed E-state index contributed by atoms with van der Waals surface area (Å²) in [6, 6.07) is 0. The van der Waals surface area contributed by atoms with Gasteiger partial charge in [0.05, 0.1) is 13.2 Å². The summed E-state index contributed by atoms with van der Waals surface area (Å²) in [4.78, 5) is 0. The van der Waals surface area contributed by atoms with E-state index in [2.05, 4.69) is 13.8 Å². The zero-order valence-corrected chi connectivity index (χ0v) is 13.8. The summed E-state index contributed by atoms with van der Waals surface area (Å²) in [6.45, 7) is 7.75. The molecule has 0 amide bonds. The van der Waals surface area contributed by atoms with E-state index in [1.807, 2.05) is 0 Å². The van der Waals surface area contributed by atoms with E-state index in [4.69, 9.17) is 9.47 Å². The Kier molecular flexibility index (Phi) is 4.31. The van der Waals surface area contributed by atoms with Crippen LogP contribution in [0, 0.1) is 11.8 Å².